The van der Waals surface area contributed by atoms with Gasteiger partial charge in [-0.1, -0.05) is 37.5 Å². The molecule has 0 amide bonds. The fourth-order valence-electron chi connectivity index (χ4n) is 4.29. The molecule has 1 aromatic heterocycles. The second kappa shape index (κ2) is 8.39. The van der Waals surface area contributed by atoms with Crippen molar-refractivity contribution in [3.05, 3.63) is 57.3 Å². The first kappa shape index (κ1) is 19.1. The molecule has 4 rings (SSSR count). The molecule has 0 spiro atoms. The zero-order valence-electron chi connectivity index (χ0n) is 15.8. The molecule has 5 nitrogen and oxygen atoms in total. The number of hydrogen-bond donors (Lipinski definition) is 1. The molecular formula is C21H25F2N3O2. The molecule has 0 radical (unpaired) electrons. The highest BCUT2D eigenvalue weighted by Gasteiger charge is 2.25. The average Bonchev–Trinajstić information content (AvgIpc) is 2.70. The maximum absolute atomic E-state index is 12.7. The van der Waals surface area contributed by atoms with Gasteiger partial charge in [-0.25, -0.2) is 4.98 Å². The van der Waals surface area contributed by atoms with E-state index in [1.807, 2.05) is 0 Å². The summed E-state index contributed by atoms with van der Waals surface area (Å²) in [6.45, 7) is -1.21. The van der Waals surface area contributed by atoms with Gasteiger partial charge < -0.3 is 9.72 Å². The van der Waals surface area contributed by atoms with E-state index in [4.69, 9.17) is 4.98 Å². The van der Waals surface area contributed by atoms with Crippen LogP contribution in [0.2, 0.25) is 0 Å². The van der Waals surface area contributed by atoms with Crippen LogP contribution in [0.1, 0.15) is 60.7 Å². The fraction of sp³-hybridized carbons (Fsp3) is 0.524. The number of rotatable bonds is 5. The van der Waals surface area contributed by atoms with Gasteiger partial charge in [0.05, 0.1) is 11.3 Å². The first-order chi connectivity index (χ1) is 13.6. The van der Waals surface area contributed by atoms with Crippen molar-refractivity contribution in [2.45, 2.75) is 64.1 Å². The number of nitrogens with one attached hydrogen (secondary N) is 1. The van der Waals surface area contributed by atoms with Gasteiger partial charge in [0.2, 0.25) is 0 Å². The standard InChI is InChI=1S/C21H25F2N3O2/c22-21(23)28-18-9-5-4-8-15(18)12-26-11-10-17-16(13-26)20(27)25-19(24-17)14-6-2-1-3-7-14/h4-5,8-9,14,21H,1-3,6-7,10-13H2,(H,24,25,27). The Morgan fingerprint density at radius 2 is 2.00 bits per heavy atom. The molecule has 0 unspecified atom stereocenters. The van der Waals surface area contributed by atoms with E-state index in [0.717, 1.165) is 30.9 Å². The summed E-state index contributed by atoms with van der Waals surface area (Å²) < 4.78 is 29.9. The highest BCUT2D eigenvalue weighted by atomic mass is 19.3. The lowest BCUT2D eigenvalue weighted by atomic mass is 9.88. The summed E-state index contributed by atoms with van der Waals surface area (Å²) in [4.78, 5) is 22.6. The van der Waals surface area contributed by atoms with E-state index in [1.165, 1.54) is 19.3 Å². The number of ether oxygens (including phenoxy) is 1. The molecule has 2 aromatic rings. The van der Waals surface area contributed by atoms with Gasteiger partial charge in [-0.15, -0.1) is 0 Å². The molecular weight excluding hydrogens is 364 g/mol. The Morgan fingerprint density at radius 1 is 1.21 bits per heavy atom. The first-order valence-electron chi connectivity index (χ1n) is 9.97. The van der Waals surface area contributed by atoms with Crippen LogP contribution in [-0.2, 0) is 19.5 Å². The van der Waals surface area contributed by atoms with Crippen molar-refractivity contribution >= 4 is 0 Å². The molecule has 1 aliphatic carbocycles. The predicted octanol–water partition coefficient (Wildman–Crippen LogP) is 3.98. The lowest BCUT2D eigenvalue weighted by Crippen LogP contribution is -2.36. The van der Waals surface area contributed by atoms with Crippen molar-refractivity contribution < 1.29 is 13.5 Å². The number of benzene rings is 1. The van der Waals surface area contributed by atoms with Crippen molar-refractivity contribution in [3.63, 3.8) is 0 Å². The number of aromatic amines is 1. The Labute approximate surface area is 162 Å². The van der Waals surface area contributed by atoms with Crippen LogP contribution in [0.5, 0.6) is 5.75 Å². The van der Waals surface area contributed by atoms with Crippen LogP contribution in [-0.4, -0.2) is 28.0 Å². The monoisotopic (exact) mass is 389 g/mol. The van der Waals surface area contributed by atoms with Crippen molar-refractivity contribution in [3.8, 4) is 5.75 Å². The number of nitrogens with zero attached hydrogens (tertiary/aromatic N) is 2. The highest BCUT2D eigenvalue weighted by Crippen LogP contribution is 2.31. The van der Waals surface area contributed by atoms with Crippen LogP contribution >= 0.6 is 0 Å². The number of alkyl halides is 2. The molecule has 28 heavy (non-hydrogen) atoms. The van der Waals surface area contributed by atoms with Gasteiger partial charge in [-0.3, -0.25) is 9.69 Å². The lowest BCUT2D eigenvalue weighted by Gasteiger charge is -2.29. The summed E-state index contributed by atoms with van der Waals surface area (Å²) >= 11 is 0. The normalized spacial score (nSPS) is 18.2. The van der Waals surface area contributed by atoms with Crippen molar-refractivity contribution in [1.82, 2.24) is 14.9 Å². The van der Waals surface area contributed by atoms with E-state index in [0.29, 0.717) is 36.6 Å². The Hall–Kier alpha value is -2.28. The summed E-state index contributed by atoms with van der Waals surface area (Å²) in [5.74, 6) is 1.39. The summed E-state index contributed by atoms with van der Waals surface area (Å²) in [7, 11) is 0. The Balaban J connectivity index is 1.50. The number of halogens is 2. The molecule has 1 fully saturated rings. The molecule has 7 heteroatoms. The van der Waals surface area contributed by atoms with Crippen LogP contribution < -0.4 is 10.3 Å². The zero-order valence-corrected chi connectivity index (χ0v) is 15.8. The minimum absolute atomic E-state index is 0.0626. The van der Waals surface area contributed by atoms with Crippen LogP contribution in [0, 0.1) is 0 Å². The fourth-order valence-corrected chi connectivity index (χ4v) is 4.29. The van der Waals surface area contributed by atoms with E-state index < -0.39 is 6.61 Å². The molecule has 2 heterocycles. The number of hydrogen-bond acceptors (Lipinski definition) is 4. The second-order valence-electron chi connectivity index (χ2n) is 7.66. The minimum atomic E-state index is -2.85. The largest absolute Gasteiger partial charge is 0.434 e. The summed E-state index contributed by atoms with van der Waals surface area (Å²) in [6, 6.07) is 6.80. The molecule has 1 saturated carbocycles. The molecule has 2 aliphatic rings. The topological polar surface area (TPSA) is 58.2 Å². The van der Waals surface area contributed by atoms with E-state index in [9.17, 15) is 13.6 Å². The smallest absolute Gasteiger partial charge is 0.387 e. The average molecular weight is 389 g/mol. The minimum Gasteiger partial charge on any atom is -0.434 e. The molecule has 0 saturated heterocycles. The van der Waals surface area contributed by atoms with E-state index in [2.05, 4.69) is 14.6 Å². The number of aromatic nitrogens is 2. The van der Waals surface area contributed by atoms with Gasteiger partial charge in [0, 0.05) is 37.5 Å². The molecule has 1 aromatic carbocycles. The zero-order chi connectivity index (χ0) is 19.5. The van der Waals surface area contributed by atoms with Crippen molar-refractivity contribution in [1.29, 1.82) is 0 Å². The summed E-state index contributed by atoms with van der Waals surface area (Å²) in [5.41, 5.74) is 2.21. The highest BCUT2D eigenvalue weighted by molar-refractivity contribution is 5.33. The van der Waals surface area contributed by atoms with Crippen molar-refractivity contribution in [2.24, 2.45) is 0 Å². The third-order valence-corrected chi connectivity index (χ3v) is 5.74. The van der Waals surface area contributed by atoms with Crippen LogP contribution in [0.3, 0.4) is 0 Å². The maximum Gasteiger partial charge on any atom is 0.387 e. The Bertz CT molecular complexity index is 878. The molecule has 0 bridgehead atoms. The van der Waals surface area contributed by atoms with E-state index in [-0.39, 0.29) is 11.3 Å². The third-order valence-electron chi connectivity index (χ3n) is 5.74. The third kappa shape index (κ3) is 4.24. The van der Waals surface area contributed by atoms with Crippen LogP contribution in [0.15, 0.2) is 29.1 Å². The predicted molar refractivity (Wildman–Crippen MR) is 102 cm³/mol. The maximum atomic E-state index is 12.7. The Morgan fingerprint density at radius 3 is 2.79 bits per heavy atom. The molecule has 1 aliphatic heterocycles. The van der Waals surface area contributed by atoms with E-state index in [1.54, 1.807) is 24.3 Å². The first-order valence-corrected chi connectivity index (χ1v) is 9.97. The van der Waals surface area contributed by atoms with Crippen molar-refractivity contribution in [2.75, 3.05) is 6.54 Å². The van der Waals surface area contributed by atoms with Gasteiger partial charge in [-0.05, 0) is 18.9 Å². The molecule has 1 N–H and O–H groups in total. The van der Waals surface area contributed by atoms with Crippen LogP contribution in [0.4, 0.5) is 8.78 Å². The van der Waals surface area contributed by atoms with E-state index >= 15 is 0 Å². The SMILES string of the molecule is O=c1[nH]c(C2CCCCC2)nc2c1CN(Cc1ccccc1OC(F)F)CC2. The van der Waals surface area contributed by atoms with Gasteiger partial charge in [0.25, 0.3) is 5.56 Å². The summed E-state index contributed by atoms with van der Waals surface area (Å²) in [5, 5.41) is 0. The van der Waals surface area contributed by atoms with Crippen LogP contribution in [0.25, 0.3) is 0 Å². The number of H-pyrrole nitrogens is 1. The van der Waals surface area contributed by atoms with Gasteiger partial charge in [-0.2, -0.15) is 8.78 Å². The second-order valence-corrected chi connectivity index (χ2v) is 7.66. The lowest BCUT2D eigenvalue weighted by molar-refractivity contribution is -0.0508. The summed E-state index contributed by atoms with van der Waals surface area (Å²) in [6.07, 6.45) is 6.52. The molecule has 0 atom stereocenters. The van der Waals surface area contributed by atoms with Gasteiger partial charge in [0.1, 0.15) is 11.6 Å². The van der Waals surface area contributed by atoms with Gasteiger partial charge in [0.15, 0.2) is 0 Å². The number of fused-ring (bicyclic) bond motifs is 1. The quantitative estimate of drug-likeness (QED) is 0.841. The van der Waals surface area contributed by atoms with Gasteiger partial charge >= 0.3 is 6.61 Å². The molecule has 150 valence electrons. The Kier molecular flexibility index (Phi) is 5.71. The number of para-hydroxylation sites is 1.